The van der Waals surface area contributed by atoms with Crippen LogP contribution in [0.5, 0.6) is 0 Å². The summed E-state index contributed by atoms with van der Waals surface area (Å²) in [6, 6.07) is 0. The van der Waals surface area contributed by atoms with Crippen LogP contribution in [0.3, 0.4) is 0 Å². The first-order valence-corrected chi connectivity index (χ1v) is 3.95. The summed E-state index contributed by atoms with van der Waals surface area (Å²) in [5, 5.41) is 9.09. The first-order valence-electron chi connectivity index (χ1n) is 3.95. The van der Waals surface area contributed by atoms with Crippen molar-refractivity contribution in [3.8, 4) is 0 Å². The Labute approximate surface area is 67.4 Å². The lowest BCUT2D eigenvalue weighted by Gasteiger charge is -2.05. The van der Waals surface area contributed by atoms with Gasteiger partial charge in [-0.25, -0.2) is 0 Å². The zero-order valence-electron chi connectivity index (χ0n) is 7.17. The van der Waals surface area contributed by atoms with Crippen molar-refractivity contribution in [2.75, 3.05) is 7.11 Å². The van der Waals surface area contributed by atoms with Gasteiger partial charge in [0.1, 0.15) is 0 Å². The quantitative estimate of drug-likeness (QED) is 0.612. The van der Waals surface area contributed by atoms with E-state index in [-0.39, 0.29) is 12.1 Å². The largest absolute Gasteiger partial charge is 0.469 e. The molecule has 0 fully saturated rings. The molecule has 0 radical (unpaired) electrons. The molecule has 1 N–H and O–H groups in total. The van der Waals surface area contributed by atoms with Crippen LogP contribution >= 0.6 is 0 Å². The number of carbonyl (C=O) groups excluding carboxylic acids is 1. The number of rotatable bonds is 5. The lowest BCUT2D eigenvalue weighted by Crippen LogP contribution is -2.06. The Morgan fingerprint density at radius 1 is 1.64 bits per heavy atom. The van der Waals surface area contributed by atoms with Crippen LogP contribution in [0.1, 0.15) is 32.6 Å². The second kappa shape index (κ2) is 6.16. The first-order chi connectivity index (χ1) is 5.20. The Balaban J connectivity index is 3.20. The third-order valence-corrected chi connectivity index (χ3v) is 1.62. The van der Waals surface area contributed by atoms with Crippen molar-refractivity contribution in [3.63, 3.8) is 0 Å². The van der Waals surface area contributed by atoms with Crippen molar-refractivity contribution in [2.45, 2.75) is 38.7 Å². The molecule has 11 heavy (non-hydrogen) atoms. The maximum Gasteiger partial charge on any atom is 0.305 e. The number of aliphatic hydroxyl groups excluding tert-OH is 1. The van der Waals surface area contributed by atoms with E-state index < -0.39 is 0 Å². The zero-order valence-corrected chi connectivity index (χ0v) is 7.17. The van der Waals surface area contributed by atoms with E-state index in [9.17, 15) is 4.79 Å². The minimum atomic E-state index is -0.264. The molecule has 0 saturated heterocycles. The average molecular weight is 160 g/mol. The Kier molecular flexibility index (Phi) is 5.84. The number of hydrogen-bond donors (Lipinski definition) is 1. The molecule has 0 spiro atoms. The molecule has 1 atom stereocenters. The number of aliphatic hydroxyl groups is 1. The number of carbonyl (C=O) groups is 1. The third kappa shape index (κ3) is 5.85. The first kappa shape index (κ1) is 10.4. The van der Waals surface area contributed by atoms with Crippen LogP contribution in [0.15, 0.2) is 0 Å². The second-order valence-electron chi connectivity index (χ2n) is 2.53. The lowest BCUT2D eigenvalue weighted by molar-refractivity contribution is -0.140. The summed E-state index contributed by atoms with van der Waals surface area (Å²) in [6.45, 7) is 1.92. The van der Waals surface area contributed by atoms with Gasteiger partial charge in [-0.3, -0.25) is 4.79 Å². The van der Waals surface area contributed by atoms with E-state index in [1.807, 2.05) is 6.92 Å². The maximum absolute atomic E-state index is 10.6. The Morgan fingerprint density at radius 2 is 2.27 bits per heavy atom. The Morgan fingerprint density at radius 3 is 2.73 bits per heavy atom. The summed E-state index contributed by atoms with van der Waals surface area (Å²) in [7, 11) is 1.37. The number of esters is 1. The molecule has 0 amide bonds. The normalized spacial score (nSPS) is 12.6. The van der Waals surface area contributed by atoms with E-state index in [1.165, 1.54) is 7.11 Å². The van der Waals surface area contributed by atoms with Gasteiger partial charge in [0, 0.05) is 6.42 Å². The average Bonchev–Trinajstić information content (AvgIpc) is 2.04. The predicted molar refractivity (Wildman–Crippen MR) is 42.2 cm³/mol. The number of hydrogen-bond acceptors (Lipinski definition) is 3. The van der Waals surface area contributed by atoms with Gasteiger partial charge in [-0.05, 0) is 19.3 Å². The molecule has 3 heteroatoms. The lowest BCUT2D eigenvalue weighted by atomic mass is 10.1. The van der Waals surface area contributed by atoms with Crippen LogP contribution in [0.2, 0.25) is 0 Å². The molecule has 0 aromatic carbocycles. The van der Waals surface area contributed by atoms with Crippen LogP contribution in [0.25, 0.3) is 0 Å². The molecule has 3 nitrogen and oxygen atoms in total. The minimum absolute atomic E-state index is 0.201. The molecule has 1 unspecified atom stereocenters. The van der Waals surface area contributed by atoms with Crippen molar-refractivity contribution in [2.24, 2.45) is 0 Å². The van der Waals surface area contributed by atoms with Gasteiger partial charge in [0.25, 0.3) is 0 Å². The van der Waals surface area contributed by atoms with Gasteiger partial charge >= 0.3 is 5.97 Å². The summed E-state index contributed by atoms with van der Waals surface area (Å²) in [4.78, 5) is 10.6. The smallest absolute Gasteiger partial charge is 0.305 e. The molecule has 0 rings (SSSR count). The molecule has 0 aromatic rings. The molecule has 0 aliphatic rings. The number of ether oxygens (including phenoxy) is 1. The third-order valence-electron chi connectivity index (χ3n) is 1.62. The molecule has 0 aromatic heterocycles. The molecule has 66 valence electrons. The van der Waals surface area contributed by atoms with Gasteiger partial charge in [0.2, 0.25) is 0 Å². The maximum atomic E-state index is 10.6. The fourth-order valence-electron chi connectivity index (χ4n) is 0.788. The van der Waals surface area contributed by atoms with E-state index in [2.05, 4.69) is 4.74 Å². The number of methoxy groups -OCH3 is 1. The predicted octanol–water partition coefficient (Wildman–Crippen LogP) is 1.10. The van der Waals surface area contributed by atoms with E-state index in [0.717, 1.165) is 6.42 Å². The Bertz CT molecular complexity index is 112. The van der Waals surface area contributed by atoms with Gasteiger partial charge in [0.05, 0.1) is 13.2 Å². The molecule has 0 bridgehead atoms. The molecular weight excluding hydrogens is 144 g/mol. The van der Waals surface area contributed by atoms with Gasteiger partial charge in [-0.1, -0.05) is 6.92 Å². The van der Waals surface area contributed by atoms with Crippen LogP contribution in [0.4, 0.5) is 0 Å². The fraction of sp³-hybridized carbons (Fsp3) is 0.875. The highest BCUT2D eigenvalue weighted by molar-refractivity contribution is 5.68. The summed E-state index contributed by atoms with van der Waals surface area (Å²) in [5.41, 5.74) is 0. The summed E-state index contributed by atoms with van der Waals surface area (Å²) in [5.74, 6) is -0.201. The topological polar surface area (TPSA) is 46.5 Å². The second-order valence-corrected chi connectivity index (χ2v) is 2.53. The summed E-state index contributed by atoms with van der Waals surface area (Å²) >= 11 is 0. The highest BCUT2D eigenvalue weighted by Gasteiger charge is 2.03. The standard InChI is InChI=1S/C8H16O3/c1-3-7(9)5-4-6-8(10)11-2/h7,9H,3-6H2,1-2H3. The van der Waals surface area contributed by atoms with E-state index >= 15 is 0 Å². The van der Waals surface area contributed by atoms with E-state index in [1.54, 1.807) is 0 Å². The summed E-state index contributed by atoms with van der Waals surface area (Å²) in [6.07, 6.45) is 2.29. The highest BCUT2D eigenvalue weighted by atomic mass is 16.5. The molecule has 0 aliphatic heterocycles. The van der Waals surface area contributed by atoms with Gasteiger partial charge in [-0.15, -0.1) is 0 Å². The van der Waals surface area contributed by atoms with Crippen molar-refractivity contribution < 1.29 is 14.6 Å². The Hall–Kier alpha value is -0.570. The van der Waals surface area contributed by atoms with Crippen molar-refractivity contribution in [3.05, 3.63) is 0 Å². The van der Waals surface area contributed by atoms with E-state index in [4.69, 9.17) is 5.11 Å². The molecule has 0 aliphatic carbocycles. The van der Waals surface area contributed by atoms with Gasteiger partial charge in [-0.2, -0.15) is 0 Å². The molecule has 0 saturated carbocycles. The fourth-order valence-corrected chi connectivity index (χ4v) is 0.788. The van der Waals surface area contributed by atoms with Crippen LogP contribution < -0.4 is 0 Å². The highest BCUT2D eigenvalue weighted by Crippen LogP contribution is 2.04. The van der Waals surface area contributed by atoms with Crippen LogP contribution in [-0.2, 0) is 9.53 Å². The SMILES string of the molecule is CCC(O)CCCC(=O)OC. The van der Waals surface area contributed by atoms with E-state index in [0.29, 0.717) is 19.3 Å². The minimum Gasteiger partial charge on any atom is -0.469 e. The monoisotopic (exact) mass is 160 g/mol. The molecule has 0 heterocycles. The molecular formula is C8H16O3. The van der Waals surface area contributed by atoms with Crippen molar-refractivity contribution >= 4 is 5.97 Å². The van der Waals surface area contributed by atoms with Gasteiger partial charge in [0.15, 0.2) is 0 Å². The van der Waals surface area contributed by atoms with Crippen LogP contribution in [-0.4, -0.2) is 24.3 Å². The van der Waals surface area contributed by atoms with Gasteiger partial charge < -0.3 is 9.84 Å². The summed E-state index contributed by atoms with van der Waals surface area (Å²) < 4.78 is 4.45. The van der Waals surface area contributed by atoms with Crippen molar-refractivity contribution in [1.29, 1.82) is 0 Å². The van der Waals surface area contributed by atoms with Crippen molar-refractivity contribution in [1.82, 2.24) is 0 Å². The zero-order chi connectivity index (χ0) is 8.69. The van der Waals surface area contributed by atoms with Crippen LogP contribution in [0, 0.1) is 0 Å².